The van der Waals surface area contributed by atoms with Gasteiger partial charge in [-0.2, -0.15) is 10.4 Å². The van der Waals surface area contributed by atoms with E-state index in [1.165, 1.54) is 32.1 Å². The van der Waals surface area contributed by atoms with E-state index in [0.717, 1.165) is 18.8 Å². The molecule has 0 radical (unpaired) electrons. The topological polar surface area (TPSA) is 65.2 Å². The minimum atomic E-state index is 0.0164. The van der Waals surface area contributed by atoms with Crippen molar-refractivity contribution in [1.82, 2.24) is 19.6 Å². The Morgan fingerprint density at radius 1 is 1.25 bits per heavy atom. The SMILES string of the molecule is Cc1c(C(=O)N2CCN([C@@H](C#N)C3CCCCC3)CC2)cnn1C. The number of amides is 1. The summed E-state index contributed by atoms with van der Waals surface area (Å²) >= 11 is 0. The minimum absolute atomic E-state index is 0.0164. The predicted octanol–water partition coefficient (Wildman–Crippen LogP) is 1.96. The van der Waals surface area contributed by atoms with E-state index in [4.69, 9.17) is 0 Å². The van der Waals surface area contributed by atoms with Crippen LogP contribution in [0.5, 0.6) is 0 Å². The second-order valence-electron chi connectivity index (χ2n) is 7.07. The molecule has 0 bridgehead atoms. The molecule has 1 aromatic rings. The zero-order valence-electron chi connectivity index (χ0n) is 14.7. The van der Waals surface area contributed by atoms with E-state index in [-0.39, 0.29) is 11.9 Å². The molecule has 1 saturated heterocycles. The standard InChI is InChI=1S/C18H27N5O/c1-14-16(13-20-21(14)2)18(24)23-10-8-22(9-11-23)17(12-19)15-6-4-3-5-7-15/h13,15,17H,3-11H2,1-2H3/t17-/m0/s1. The Hall–Kier alpha value is -1.87. The lowest BCUT2D eigenvalue weighted by molar-refractivity contribution is 0.0538. The van der Waals surface area contributed by atoms with E-state index >= 15 is 0 Å². The molecule has 130 valence electrons. The van der Waals surface area contributed by atoms with Crippen molar-refractivity contribution in [1.29, 1.82) is 5.26 Å². The van der Waals surface area contributed by atoms with Crippen LogP contribution in [0.15, 0.2) is 6.20 Å². The minimum Gasteiger partial charge on any atom is -0.336 e. The molecular weight excluding hydrogens is 302 g/mol. The second-order valence-corrected chi connectivity index (χ2v) is 7.07. The van der Waals surface area contributed by atoms with E-state index in [2.05, 4.69) is 16.1 Å². The number of nitrogens with zero attached hydrogens (tertiary/aromatic N) is 5. The van der Waals surface area contributed by atoms with Crippen molar-refractivity contribution in [3.8, 4) is 6.07 Å². The highest BCUT2D eigenvalue weighted by Gasteiger charge is 2.32. The lowest BCUT2D eigenvalue weighted by Gasteiger charge is -2.40. The highest BCUT2D eigenvalue weighted by atomic mass is 16.2. The summed E-state index contributed by atoms with van der Waals surface area (Å²) in [6.45, 7) is 4.89. The molecule has 0 unspecified atom stereocenters. The molecule has 2 heterocycles. The van der Waals surface area contributed by atoms with Crippen LogP contribution >= 0.6 is 0 Å². The molecule has 6 nitrogen and oxygen atoms in total. The number of carbonyl (C=O) groups excluding carboxylic acids is 1. The van der Waals surface area contributed by atoms with E-state index in [1.807, 2.05) is 18.9 Å². The average Bonchev–Trinajstić information content (AvgIpc) is 2.96. The number of nitriles is 1. The molecule has 3 rings (SSSR count). The summed E-state index contributed by atoms with van der Waals surface area (Å²) in [7, 11) is 1.85. The van der Waals surface area contributed by atoms with Gasteiger partial charge in [-0.3, -0.25) is 14.4 Å². The number of aromatic nitrogens is 2. The van der Waals surface area contributed by atoms with Crippen LogP contribution in [0, 0.1) is 24.2 Å². The molecule has 2 fully saturated rings. The maximum absolute atomic E-state index is 12.7. The Bertz CT molecular complexity index is 618. The summed E-state index contributed by atoms with van der Waals surface area (Å²) in [4.78, 5) is 16.9. The molecule has 0 N–H and O–H groups in total. The Morgan fingerprint density at radius 3 is 2.46 bits per heavy atom. The largest absolute Gasteiger partial charge is 0.336 e. The number of rotatable bonds is 3. The predicted molar refractivity (Wildman–Crippen MR) is 91.4 cm³/mol. The third-order valence-electron chi connectivity index (χ3n) is 5.69. The van der Waals surface area contributed by atoms with Crippen molar-refractivity contribution in [3.05, 3.63) is 17.5 Å². The summed E-state index contributed by atoms with van der Waals surface area (Å²) in [6.07, 6.45) is 7.81. The first-order chi connectivity index (χ1) is 11.6. The smallest absolute Gasteiger partial charge is 0.257 e. The first-order valence-electron chi connectivity index (χ1n) is 9.03. The van der Waals surface area contributed by atoms with Crippen LogP contribution in [0.4, 0.5) is 0 Å². The fourth-order valence-electron chi connectivity index (χ4n) is 4.02. The average molecular weight is 329 g/mol. The van der Waals surface area contributed by atoms with Crippen LogP contribution < -0.4 is 0 Å². The molecule has 1 aromatic heterocycles. The van der Waals surface area contributed by atoms with Crippen LogP contribution in [0.25, 0.3) is 0 Å². The van der Waals surface area contributed by atoms with Gasteiger partial charge in [0.05, 0.1) is 17.8 Å². The molecule has 1 amide bonds. The monoisotopic (exact) mass is 329 g/mol. The highest BCUT2D eigenvalue weighted by molar-refractivity contribution is 5.95. The van der Waals surface area contributed by atoms with Crippen molar-refractivity contribution in [2.75, 3.05) is 26.2 Å². The first-order valence-corrected chi connectivity index (χ1v) is 9.03. The Kier molecular flexibility index (Phi) is 5.20. The maximum Gasteiger partial charge on any atom is 0.257 e. The van der Waals surface area contributed by atoms with Gasteiger partial charge in [-0.15, -0.1) is 0 Å². The van der Waals surface area contributed by atoms with Gasteiger partial charge >= 0.3 is 0 Å². The van der Waals surface area contributed by atoms with Crippen molar-refractivity contribution in [3.63, 3.8) is 0 Å². The first kappa shape index (κ1) is 17.0. The van der Waals surface area contributed by atoms with Crippen LogP contribution in [0.1, 0.15) is 48.2 Å². The van der Waals surface area contributed by atoms with E-state index < -0.39 is 0 Å². The summed E-state index contributed by atoms with van der Waals surface area (Å²) in [5.74, 6) is 0.568. The van der Waals surface area contributed by atoms with Gasteiger partial charge in [-0.1, -0.05) is 19.3 Å². The van der Waals surface area contributed by atoms with Crippen molar-refractivity contribution >= 4 is 5.91 Å². The molecule has 1 aliphatic heterocycles. The van der Waals surface area contributed by atoms with Gasteiger partial charge in [-0.05, 0) is 25.7 Å². The molecule has 0 aromatic carbocycles. The van der Waals surface area contributed by atoms with Gasteiger partial charge in [-0.25, -0.2) is 0 Å². The third kappa shape index (κ3) is 3.32. The molecule has 24 heavy (non-hydrogen) atoms. The lowest BCUT2D eigenvalue weighted by Crippen LogP contribution is -2.53. The second kappa shape index (κ2) is 7.35. The van der Waals surface area contributed by atoms with Gasteiger partial charge in [0.1, 0.15) is 6.04 Å². The van der Waals surface area contributed by atoms with Crippen molar-refractivity contribution in [2.24, 2.45) is 13.0 Å². The lowest BCUT2D eigenvalue weighted by atomic mass is 9.83. The van der Waals surface area contributed by atoms with Crippen molar-refractivity contribution < 1.29 is 4.79 Å². The highest BCUT2D eigenvalue weighted by Crippen LogP contribution is 2.29. The molecule has 1 saturated carbocycles. The Balaban J connectivity index is 1.59. The molecule has 1 atom stereocenters. The van der Waals surface area contributed by atoms with Gasteiger partial charge in [0.2, 0.25) is 0 Å². The van der Waals surface area contributed by atoms with E-state index in [1.54, 1.807) is 10.9 Å². The van der Waals surface area contributed by atoms with Gasteiger partial charge < -0.3 is 4.90 Å². The third-order valence-corrected chi connectivity index (χ3v) is 5.69. The Labute approximate surface area is 144 Å². The van der Waals surface area contributed by atoms with Gasteiger partial charge in [0.25, 0.3) is 5.91 Å². The zero-order chi connectivity index (χ0) is 17.1. The number of aryl methyl sites for hydroxylation is 1. The van der Waals surface area contributed by atoms with Crippen LogP contribution in [-0.4, -0.2) is 57.7 Å². The molecule has 0 spiro atoms. The maximum atomic E-state index is 12.7. The quantitative estimate of drug-likeness (QED) is 0.850. The van der Waals surface area contributed by atoms with E-state index in [9.17, 15) is 10.1 Å². The summed E-state index contributed by atoms with van der Waals surface area (Å²) in [5.41, 5.74) is 1.59. The van der Waals surface area contributed by atoms with Gasteiger partial charge in [0, 0.05) is 38.9 Å². The molecule has 6 heteroatoms. The number of hydrogen-bond donors (Lipinski definition) is 0. The summed E-state index contributed by atoms with van der Waals surface area (Å²) in [5, 5.41) is 13.8. The molecular formula is C18H27N5O. The van der Waals surface area contributed by atoms with Crippen LogP contribution in [-0.2, 0) is 7.05 Å². The summed E-state index contributed by atoms with van der Waals surface area (Å²) < 4.78 is 1.73. The number of carbonyl (C=O) groups is 1. The summed E-state index contributed by atoms with van der Waals surface area (Å²) in [6, 6.07) is 2.56. The zero-order valence-corrected chi connectivity index (χ0v) is 14.7. The fraction of sp³-hybridized carbons (Fsp3) is 0.722. The fourth-order valence-corrected chi connectivity index (χ4v) is 4.02. The number of hydrogen-bond acceptors (Lipinski definition) is 4. The normalized spacial score (nSPS) is 21.5. The van der Waals surface area contributed by atoms with E-state index in [0.29, 0.717) is 24.6 Å². The van der Waals surface area contributed by atoms with Gasteiger partial charge in [0.15, 0.2) is 0 Å². The van der Waals surface area contributed by atoms with Crippen LogP contribution in [0.3, 0.4) is 0 Å². The number of piperazine rings is 1. The van der Waals surface area contributed by atoms with Crippen LogP contribution in [0.2, 0.25) is 0 Å². The molecule has 1 aliphatic carbocycles. The van der Waals surface area contributed by atoms with Crippen molar-refractivity contribution in [2.45, 2.75) is 45.1 Å². The molecule has 2 aliphatic rings. The Morgan fingerprint density at radius 2 is 1.92 bits per heavy atom.